The van der Waals surface area contributed by atoms with E-state index in [4.69, 9.17) is 0 Å². The molecule has 4 rings (SSSR count). The average molecular weight is 415 g/mol. The van der Waals surface area contributed by atoms with E-state index in [-0.39, 0.29) is 5.91 Å². The van der Waals surface area contributed by atoms with Gasteiger partial charge in [-0.1, -0.05) is 48.2 Å². The van der Waals surface area contributed by atoms with Crippen LogP contribution in [-0.2, 0) is 17.9 Å². The molecule has 1 aromatic carbocycles. The molecule has 3 aromatic rings. The van der Waals surface area contributed by atoms with Crippen molar-refractivity contribution in [1.82, 2.24) is 30.0 Å². The number of nitrogens with zero attached hydrogens (tertiary/aromatic N) is 6. The van der Waals surface area contributed by atoms with E-state index in [0.29, 0.717) is 17.5 Å². The number of amides is 1. The molecule has 1 aliphatic heterocycles. The minimum absolute atomic E-state index is 0.148. The molecule has 1 amide bonds. The highest BCUT2D eigenvalue weighted by atomic mass is 32.2. The quantitative estimate of drug-likeness (QED) is 0.552. The number of thioether (sulfide) groups is 1. The number of carbonyl (C=O) groups is 1. The maximum atomic E-state index is 12.6. The zero-order chi connectivity index (χ0) is 19.2. The van der Waals surface area contributed by atoms with Crippen molar-refractivity contribution in [3.63, 3.8) is 0 Å². The van der Waals surface area contributed by atoms with Gasteiger partial charge in [0.2, 0.25) is 11.1 Å². The van der Waals surface area contributed by atoms with Crippen molar-refractivity contribution in [3.05, 3.63) is 58.3 Å². The SMILES string of the molecule is O=C(CSc1nnnn1Cc1ccccc1)N1CCN(Cc2cccs2)CC1. The third-order valence-corrected chi connectivity index (χ3v) is 6.49. The first-order valence-electron chi connectivity index (χ1n) is 9.23. The minimum atomic E-state index is 0.148. The Morgan fingerprint density at radius 3 is 2.61 bits per heavy atom. The smallest absolute Gasteiger partial charge is 0.233 e. The molecular formula is C19H22N6OS2. The van der Waals surface area contributed by atoms with Gasteiger partial charge in [-0.25, -0.2) is 4.68 Å². The van der Waals surface area contributed by atoms with Gasteiger partial charge in [0, 0.05) is 37.6 Å². The van der Waals surface area contributed by atoms with Crippen LogP contribution in [0.1, 0.15) is 10.4 Å². The first kappa shape index (κ1) is 19.1. The van der Waals surface area contributed by atoms with Gasteiger partial charge in [-0.05, 0) is 27.4 Å². The van der Waals surface area contributed by atoms with Crippen LogP contribution in [-0.4, -0.2) is 67.8 Å². The van der Waals surface area contributed by atoms with Crippen LogP contribution in [0.3, 0.4) is 0 Å². The second-order valence-electron chi connectivity index (χ2n) is 6.63. The normalized spacial score (nSPS) is 15.1. The Morgan fingerprint density at radius 2 is 1.86 bits per heavy atom. The fourth-order valence-corrected chi connectivity index (χ4v) is 4.68. The number of hydrogen-bond donors (Lipinski definition) is 0. The van der Waals surface area contributed by atoms with Crippen LogP contribution in [0.25, 0.3) is 0 Å². The van der Waals surface area contributed by atoms with Gasteiger partial charge in [-0.3, -0.25) is 9.69 Å². The van der Waals surface area contributed by atoms with E-state index in [2.05, 4.69) is 37.9 Å². The van der Waals surface area contributed by atoms with Crippen LogP contribution in [0.2, 0.25) is 0 Å². The molecule has 0 atom stereocenters. The second kappa shape index (κ2) is 9.31. The molecule has 146 valence electrons. The molecule has 3 heterocycles. The van der Waals surface area contributed by atoms with Crippen molar-refractivity contribution in [1.29, 1.82) is 0 Å². The molecule has 2 aromatic heterocycles. The lowest BCUT2D eigenvalue weighted by Gasteiger charge is -2.34. The summed E-state index contributed by atoms with van der Waals surface area (Å²) in [5.74, 6) is 0.509. The van der Waals surface area contributed by atoms with Gasteiger partial charge in [0.1, 0.15) is 0 Å². The fourth-order valence-electron chi connectivity index (χ4n) is 3.15. The number of tetrazole rings is 1. The molecule has 1 aliphatic rings. The Kier molecular flexibility index (Phi) is 6.35. The molecule has 0 aliphatic carbocycles. The molecule has 0 saturated carbocycles. The fraction of sp³-hybridized carbons (Fsp3) is 0.368. The summed E-state index contributed by atoms with van der Waals surface area (Å²) in [6.07, 6.45) is 0. The topological polar surface area (TPSA) is 67.2 Å². The highest BCUT2D eigenvalue weighted by Crippen LogP contribution is 2.17. The zero-order valence-electron chi connectivity index (χ0n) is 15.5. The third-order valence-electron chi connectivity index (χ3n) is 4.68. The number of hydrogen-bond acceptors (Lipinski definition) is 7. The lowest BCUT2D eigenvalue weighted by atomic mass is 10.2. The van der Waals surface area contributed by atoms with Crippen LogP contribution < -0.4 is 0 Å². The van der Waals surface area contributed by atoms with Gasteiger partial charge in [0.25, 0.3) is 0 Å². The Morgan fingerprint density at radius 1 is 1.04 bits per heavy atom. The molecule has 28 heavy (non-hydrogen) atoms. The monoisotopic (exact) mass is 414 g/mol. The summed E-state index contributed by atoms with van der Waals surface area (Å²) in [5.41, 5.74) is 1.13. The van der Waals surface area contributed by atoms with Crippen molar-refractivity contribution in [2.75, 3.05) is 31.9 Å². The highest BCUT2D eigenvalue weighted by Gasteiger charge is 2.22. The molecule has 1 saturated heterocycles. The van der Waals surface area contributed by atoms with E-state index < -0.39 is 0 Å². The van der Waals surface area contributed by atoms with Crippen LogP contribution in [0.5, 0.6) is 0 Å². The maximum absolute atomic E-state index is 12.6. The van der Waals surface area contributed by atoms with Gasteiger partial charge >= 0.3 is 0 Å². The summed E-state index contributed by atoms with van der Waals surface area (Å²) in [5, 5.41) is 14.7. The van der Waals surface area contributed by atoms with Gasteiger partial charge < -0.3 is 4.90 Å². The van der Waals surface area contributed by atoms with Crippen molar-refractivity contribution >= 4 is 29.0 Å². The first-order valence-corrected chi connectivity index (χ1v) is 11.1. The lowest BCUT2D eigenvalue weighted by Crippen LogP contribution is -2.48. The Labute approximate surface area is 172 Å². The number of aromatic nitrogens is 4. The molecule has 7 nitrogen and oxygen atoms in total. The van der Waals surface area contributed by atoms with Gasteiger partial charge in [0.15, 0.2) is 0 Å². The van der Waals surface area contributed by atoms with E-state index in [0.717, 1.165) is 38.3 Å². The summed E-state index contributed by atoms with van der Waals surface area (Å²) in [6, 6.07) is 14.3. The predicted molar refractivity (Wildman–Crippen MR) is 110 cm³/mol. The number of thiophene rings is 1. The molecule has 0 bridgehead atoms. The van der Waals surface area contributed by atoms with E-state index in [1.165, 1.54) is 16.6 Å². The van der Waals surface area contributed by atoms with Crippen molar-refractivity contribution in [3.8, 4) is 0 Å². The Bertz CT molecular complexity index is 875. The highest BCUT2D eigenvalue weighted by molar-refractivity contribution is 7.99. The second-order valence-corrected chi connectivity index (χ2v) is 8.60. The zero-order valence-corrected chi connectivity index (χ0v) is 17.1. The molecule has 0 radical (unpaired) electrons. The number of rotatable bonds is 7. The first-order chi connectivity index (χ1) is 13.8. The summed E-state index contributed by atoms with van der Waals surface area (Å²) in [7, 11) is 0. The van der Waals surface area contributed by atoms with Crippen LogP contribution in [0.4, 0.5) is 0 Å². The number of benzene rings is 1. The molecule has 9 heteroatoms. The van der Waals surface area contributed by atoms with E-state index >= 15 is 0 Å². The van der Waals surface area contributed by atoms with Gasteiger partial charge in [-0.2, -0.15) is 0 Å². The molecular weight excluding hydrogens is 392 g/mol. The summed E-state index contributed by atoms with van der Waals surface area (Å²) >= 11 is 3.19. The van der Waals surface area contributed by atoms with Gasteiger partial charge in [-0.15, -0.1) is 16.4 Å². The minimum Gasteiger partial charge on any atom is -0.339 e. The van der Waals surface area contributed by atoms with Gasteiger partial charge in [0.05, 0.1) is 12.3 Å². The number of carbonyl (C=O) groups excluding carboxylic acids is 1. The van der Waals surface area contributed by atoms with Crippen molar-refractivity contribution in [2.24, 2.45) is 0 Å². The molecule has 0 N–H and O–H groups in total. The summed E-state index contributed by atoms with van der Waals surface area (Å²) in [4.78, 5) is 18.3. The standard InChI is InChI=1S/C19H22N6OS2/c26-18(24-10-8-23(9-11-24)14-17-7-4-12-27-17)15-28-19-20-21-22-25(19)13-16-5-2-1-3-6-16/h1-7,12H,8-11,13-15H2. The van der Waals surface area contributed by atoms with Crippen LogP contribution >= 0.6 is 23.1 Å². The number of piperazine rings is 1. The van der Waals surface area contributed by atoms with E-state index in [9.17, 15) is 4.79 Å². The Hall–Kier alpha value is -2.23. The largest absolute Gasteiger partial charge is 0.339 e. The van der Waals surface area contributed by atoms with Crippen LogP contribution in [0, 0.1) is 0 Å². The molecule has 1 fully saturated rings. The average Bonchev–Trinajstić information content (AvgIpc) is 3.40. The van der Waals surface area contributed by atoms with E-state index in [1.54, 1.807) is 16.0 Å². The maximum Gasteiger partial charge on any atom is 0.233 e. The van der Waals surface area contributed by atoms with Crippen LogP contribution in [0.15, 0.2) is 53.0 Å². The summed E-state index contributed by atoms with van der Waals surface area (Å²) < 4.78 is 1.74. The van der Waals surface area contributed by atoms with Crippen molar-refractivity contribution in [2.45, 2.75) is 18.2 Å². The predicted octanol–water partition coefficient (Wildman–Crippen LogP) is 2.22. The third kappa shape index (κ3) is 4.98. The van der Waals surface area contributed by atoms with E-state index in [1.807, 2.05) is 35.2 Å². The Balaban J connectivity index is 1.25. The lowest BCUT2D eigenvalue weighted by molar-refractivity contribution is -0.130. The summed E-state index contributed by atoms with van der Waals surface area (Å²) in [6.45, 7) is 4.97. The van der Waals surface area contributed by atoms with Crippen molar-refractivity contribution < 1.29 is 4.79 Å². The molecule has 0 unspecified atom stereocenters. The molecule has 0 spiro atoms.